The van der Waals surface area contributed by atoms with Gasteiger partial charge in [-0.3, -0.25) is 0 Å². The molecule has 29 heavy (non-hydrogen) atoms. The Bertz CT molecular complexity index is 1030. The molecule has 1 aliphatic heterocycles. The molecule has 0 radical (unpaired) electrons. The number of nitrogens with one attached hydrogen (secondary N) is 1. The van der Waals surface area contributed by atoms with Gasteiger partial charge in [0.1, 0.15) is 11.5 Å². The lowest BCUT2D eigenvalue weighted by atomic mass is 10.1. The Labute approximate surface area is 170 Å². The predicted octanol–water partition coefficient (Wildman–Crippen LogP) is 4.33. The van der Waals surface area contributed by atoms with Gasteiger partial charge in [-0.1, -0.05) is 6.92 Å². The van der Waals surface area contributed by atoms with Crippen molar-refractivity contribution in [3.8, 4) is 11.5 Å². The van der Waals surface area contributed by atoms with E-state index in [9.17, 15) is 0 Å². The summed E-state index contributed by atoms with van der Waals surface area (Å²) in [5.41, 5.74) is 2.93. The maximum Gasteiger partial charge on any atom is 0.311 e. The van der Waals surface area contributed by atoms with E-state index in [1.54, 1.807) is 7.11 Å². The van der Waals surface area contributed by atoms with Crippen molar-refractivity contribution in [3.63, 3.8) is 0 Å². The van der Waals surface area contributed by atoms with Crippen LogP contribution >= 0.6 is 0 Å². The second-order valence-electron chi connectivity index (χ2n) is 7.04. The number of hydrazine groups is 1. The first-order chi connectivity index (χ1) is 14.1. The van der Waals surface area contributed by atoms with Crippen LogP contribution in [-0.2, 0) is 4.74 Å². The standard InChI is InChI=1S/C22H26N4O3/c1-5-12-28-22-24-21(29-17-6-8-19-15(13-17)10-11-23-19)18-14-16(27-4)7-9-20(18)26(22)25(2)3/h6-11,13-14,21,23H,5,12H2,1-4H3. The molecule has 0 saturated heterocycles. The molecule has 2 aromatic carbocycles. The molecule has 7 heteroatoms. The highest BCUT2D eigenvalue weighted by Crippen LogP contribution is 2.38. The van der Waals surface area contributed by atoms with E-state index in [2.05, 4.69) is 11.9 Å². The molecule has 7 nitrogen and oxygen atoms in total. The van der Waals surface area contributed by atoms with Crippen LogP contribution in [0, 0.1) is 0 Å². The van der Waals surface area contributed by atoms with E-state index >= 15 is 0 Å². The van der Waals surface area contributed by atoms with Crippen LogP contribution in [0.25, 0.3) is 10.9 Å². The summed E-state index contributed by atoms with van der Waals surface area (Å²) in [5.74, 6) is 1.50. The predicted molar refractivity (Wildman–Crippen MR) is 115 cm³/mol. The van der Waals surface area contributed by atoms with Crippen LogP contribution in [0.3, 0.4) is 0 Å². The van der Waals surface area contributed by atoms with Crippen molar-refractivity contribution in [2.45, 2.75) is 19.6 Å². The fraction of sp³-hybridized carbons (Fsp3) is 0.318. The SMILES string of the molecule is CCCOC1=NC(Oc2ccc3[nH]ccc3c2)c2cc(OC)ccc2N1N(C)C. The molecule has 4 rings (SSSR count). The number of methoxy groups -OCH3 is 1. The van der Waals surface area contributed by atoms with E-state index < -0.39 is 6.23 Å². The molecule has 0 saturated carbocycles. The molecule has 1 N–H and O–H groups in total. The number of nitrogens with zero attached hydrogens (tertiary/aromatic N) is 3. The number of H-pyrrole nitrogens is 1. The Hall–Kier alpha value is -3.19. The van der Waals surface area contributed by atoms with Crippen LogP contribution in [0.15, 0.2) is 53.7 Å². The van der Waals surface area contributed by atoms with Crippen LogP contribution in [-0.4, -0.2) is 43.8 Å². The van der Waals surface area contributed by atoms with Gasteiger partial charge in [0.2, 0.25) is 6.23 Å². The minimum Gasteiger partial charge on any atom is -0.497 e. The molecule has 1 aliphatic rings. The summed E-state index contributed by atoms with van der Waals surface area (Å²) in [6.07, 6.45) is 2.27. The zero-order valence-electron chi connectivity index (χ0n) is 17.2. The number of aromatic nitrogens is 1. The van der Waals surface area contributed by atoms with Gasteiger partial charge in [-0.05, 0) is 48.9 Å². The van der Waals surface area contributed by atoms with Crippen LogP contribution in [0.1, 0.15) is 25.1 Å². The smallest absolute Gasteiger partial charge is 0.311 e. The third-order valence-electron chi connectivity index (χ3n) is 4.75. The largest absolute Gasteiger partial charge is 0.497 e. The number of ether oxygens (including phenoxy) is 3. The number of hydrogen-bond acceptors (Lipinski definition) is 6. The van der Waals surface area contributed by atoms with Crippen molar-refractivity contribution in [1.82, 2.24) is 9.99 Å². The third-order valence-corrected chi connectivity index (χ3v) is 4.75. The summed E-state index contributed by atoms with van der Waals surface area (Å²) in [5, 5.41) is 4.98. The Kier molecular flexibility index (Phi) is 5.31. The second kappa shape index (κ2) is 8.05. The Balaban J connectivity index is 1.76. The highest BCUT2D eigenvalue weighted by molar-refractivity contribution is 5.94. The zero-order valence-corrected chi connectivity index (χ0v) is 17.2. The lowest BCUT2D eigenvalue weighted by Crippen LogP contribution is -2.46. The minimum atomic E-state index is -0.542. The fourth-order valence-electron chi connectivity index (χ4n) is 3.38. The molecule has 1 unspecified atom stereocenters. The van der Waals surface area contributed by atoms with Crippen molar-refractivity contribution < 1.29 is 14.2 Å². The molecule has 0 bridgehead atoms. The maximum absolute atomic E-state index is 6.31. The lowest BCUT2D eigenvalue weighted by molar-refractivity contribution is 0.193. The van der Waals surface area contributed by atoms with Crippen molar-refractivity contribution in [2.24, 2.45) is 4.99 Å². The van der Waals surface area contributed by atoms with Gasteiger partial charge in [0, 0.05) is 36.8 Å². The van der Waals surface area contributed by atoms with Gasteiger partial charge in [0.25, 0.3) is 0 Å². The Morgan fingerprint density at radius 2 is 1.93 bits per heavy atom. The monoisotopic (exact) mass is 394 g/mol. The average Bonchev–Trinajstić information content (AvgIpc) is 3.19. The minimum absolute atomic E-state index is 0.516. The first-order valence-electron chi connectivity index (χ1n) is 9.70. The number of anilines is 1. The molecule has 1 aromatic heterocycles. The Morgan fingerprint density at radius 1 is 1.10 bits per heavy atom. The first-order valence-corrected chi connectivity index (χ1v) is 9.70. The van der Waals surface area contributed by atoms with Crippen molar-refractivity contribution >= 4 is 22.6 Å². The molecular formula is C22H26N4O3. The van der Waals surface area contributed by atoms with E-state index in [0.29, 0.717) is 12.6 Å². The van der Waals surface area contributed by atoms with Gasteiger partial charge >= 0.3 is 6.02 Å². The van der Waals surface area contributed by atoms with Gasteiger partial charge in [-0.2, -0.15) is 4.99 Å². The van der Waals surface area contributed by atoms with Crippen LogP contribution < -0.4 is 14.5 Å². The number of aromatic amines is 1. The average molecular weight is 394 g/mol. The number of benzene rings is 2. The number of rotatable bonds is 6. The second-order valence-corrected chi connectivity index (χ2v) is 7.04. The van der Waals surface area contributed by atoms with Crippen molar-refractivity contribution in [3.05, 3.63) is 54.2 Å². The first kappa shape index (κ1) is 19.1. The van der Waals surface area contributed by atoms with E-state index in [1.807, 2.05) is 72.8 Å². The van der Waals surface area contributed by atoms with Gasteiger partial charge in [-0.25, -0.2) is 10.0 Å². The number of aliphatic imine (C=N–C) groups is 1. The third kappa shape index (κ3) is 3.73. The summed E-state index contributed by atoms with van der Waals surface area (Å²) in [7, 11) is 5.57. The van der Waals surface area contributed by atoms with Crippen LogP contribution in [0.5, 0.6) is 11.5 Å². The van der Waals surface area contributed by atoms with Gasteiger partial charge in [0.05, 0.1) is 19.4 Å². The summed E-state index contributed by atoms with van der Waals surface area (Å²) in [4.78, 5) is 7.99. The quantitative estimate of drug-likeness (QED) is 0.674. The number of amidine groups is 1. The van der Waals surface area contributed by atoms with Crippen LogP contribution in [0.2, 0.25) is 0 Å². The molecular weight excluding hydrogens is 368 g/mol. The van der Waals surface area contributed by atoms with Gasteiger partial charge in [0.15, 0.2) is 0 Å². The highest BCUT2D eigenvalue weighted by atomic mass is 16.5. The zero-order chi connectivity index (χ0) is 20.4. The Morgan fingerprint density at radius 3 is 2.69 bits per heavy atom. The molecule has 0 aliphatic carbocycles. The summed E-state index contributed by atoms with van der Waals surface area (Å²) >= 11 is 0. The maximum atomic E-state index is 6.31. The number of fused-ring (bicyclic) bond motifs is 2. The molecule has 0 amide bonds. The highest BCUT2D eigenvalue weighted by Gasteiger charge is 2.32. The van der Waals surface area contributed by atoms with Crippen molar-refractivity contribution in [2.75, 3.05) is 32.8 Å². The van der Waals surface area contributed by atoms with Gasteiger partial charge in [-0.15, -0.1) is 0 Å². The molecule has 3 aromatic rings. The molecule has 1 atom stereocenters. The molecule has 152 valence electrons. The van der Waals surface area contributed by atoms with Gasteiger partial charge < -0.3 is 19.2 Å². The summed E-state index contributed by atoms with van der Waals surface area (Å²) < 4.78 is 17.7. The van der Waals surface area contributed by atoms with Crippen molar-refractivity contribution in [1.29, 1.82) is 0 Å². The summed E-state index contributed by atoms with van der Waals surface area (Å²) in [6, 6.07) is 14.4. The van der Waals surface area contributed by atoms with E-state index in [4.69, 9.17) is 19.2 Å². The summed E-state index contributed by atoms with van der Waals surface area (Å²) in [6.45, 7) is 2.65. The lowest BCUT2D eigenvalue weighted by Gasteiger charge is -2.37. The molecule has 0 spiro atoms. The molecule has 2 heterocycles. The van der Waals surface area contributed by atoms with E-state index in [-0.39, 0.29) is 0 Å². The molecule has 0 fully saturated rings. The van der Waals surface area contributed by atoms with E-state index in [0.717, 1.165) is 40.1 Å². The topological polar surface area (TPSA) is 62.3 Å². The van der Waals surface area contributed by atoms with E-state index in [1.165, 1.54) is 0 Å². The normalized spacial score (nSPS) is 16.0. The van der Waals surface area contributed by atoms with Crippen LogP contribution in [0.4, 0.5) is 5.69 Å². The number of hydrogen-bond donors (Lipinski definition) is 1. The fourth-order valence-corrected chi connectivity index (χ4v) is 3.38.